The molecule has 1 N–H and O–H groups in total. The van der Waals surface area contributed by atoms with Gasteiger partial charge < -0.3 is 14.8 Å². The first kappa shape index (κ1) is 30.1. The van der Waals surface area contributed by atoms with Crippen molar-refractivity contribution in [3.8, 4) is 0 Å². The fourth-order valence-corrected chi connectivity index (χ4v) is 8.43. The molecule has 4 heterocycles. The van der Waals surface area contributed by atoms with Crippen LogP contribution < -0.4 is 5.32 Å². The second kappa shape index (κ2) is 13.3. The Hall–Kier alpha value is -3.97. The summed E-state index contributed by atoms with van der Waals surface area (Å²) in [6.07, 6.45) is 5.81. The second-order valence-electron chi connectivity index (χ2n) is 9.96. The van der Waals surface area contributed by atoms with Crippen molar-refractivity contribution in [3.63, 3.8) is 0 Å². The summed E-state index contributed by atoms with van der Waals surface area (Å²) in [5.74, 6) is -0.989. The normalized spacial score (nSPS) is 19.9. The molecule has 0 saturated carbocycles. The van der Waals surface area contributed by atoms with Crippen molar-refractivity contribution < 1.29 is 23.9 Å². The smallest absolute Gasteiger partial charge is 0.355 e. The van der Waals surface area contributed by atoms with Gasteiger partial charge in [0, 0.05) is 30.1 Å². The number of thioether (sulfide) groups is 2. The molecule has 9 nitrogen and oxygen atoms in total. The number of methoxy groups -OCH3 is 1. The van der Waals surface area contributed by atoms with Crippen LogP contribution in [-0.2, 0) is 30.3 Å². The number of benzene rings is 2. The highest BCUT2D eigenvalue weighted by Gasteiger charge is 2.69. The molecule has 2 aromatic heterocycles. The molecule has 2 aliphatic rings. The number of β-lactam (4-membered cyclic amide) rings is 1. The highest BCUT2D eigenvalue weighted by molar-refractivity contribution is 8.01. The maximum Gasteiger partial charge on any atom is 0.355 e. The second-order valence-corrected chi connectivity index (χ2v) is 13.2. The molecule has 0 radical (unpaired) electrons. The minimum atomic E-state index is -1.48. The number of amides is 2. The van der Waals surface area contributed by atoms with Crippen LogP contribution >= 0.6 is 34.9 Å². The number of aromatic nitrogens is 2. The number of hydrogen-bond acceptors (Lipinski definition) is 10. The molecule has 224 valence electrons. The first-order valence-corrected chi connectivity index (χ1v) is 16.6. The summed E-state index contributed by atoms with van der Waals surface area (Å²) >= 11 is 4.09. The maximum absolute atomic E-state index is 14.3. The third kappa shape index (κ3) is 5.90. The third-order valence-electron chi connectivity index (χ3n) is 7.24. The van der Waals surface area contributed by atoms with Gasteiger partial charge in [-0.15, -0.1) is 23.1 Å². The van der Waals surface area contributed by atoms with E-state index in [1.165, 1.54) is 46.9 Å². The maximum atomic E-state index is 14.3. The minimum Gasteiger partial charge on any atom is -0.448 e. The molecule has 3 atom stereocenters. The molecule has 0 unspecified atom stereocenters. The van der Waals surface area contributed by atoms with Gasteiger partial charge in [0.05, 0.1) is 12.6 Å². The van der Waals surface area contributed by atoms with Gasteiger partial charge in [-0.1, -0.05) is 78.5 Å². The number of nitrogens with one attached hydrogen (secondary N) is 1. The van der Waals surface area contributed by atoms with Gasteiger partial charge in [-0.25, -0.2) is 9.78 Å². The van der Waals surface area contributed by atoms with Crippen LogP contribution in [0.5, 0.6) is 0 Å². The molecule has 12 heteroatoms. The topological polar surface area (TPSA) is 111 Å². The zero-order chi connectivity index (χ0) is 30.5. The summed E-state index contributed by atoms with van der Waals surface area (Å²) < 4.78 is 12.0. The van der Waals surface area contributed by atoms with Crippen LogP contribution in [0.3, 0.4) is 0 Å². The quantitative estimate of drug-likeness (QED) is 0.106. The summed E-state index contributed by atoms with van der Waals surface area (Å²) in [6, 6.07) is 22.7. The van der Waals surface area contributed by atoms with Crippen LogP contribution in [0.2, 0.25) is 0 Å². The molecule has 4 aromatic rings. The van der Waals surface area contributed by atoms with Crippen molar-refractivity contribution in [2.24, 2.45) is 0 Å². The van der Waals surface area contributed by atoms with Gasteiger partial charge in [-0.3, -0.25) is 19.5 Å². The lowest BCUT2D eigenvalue weighted by molar-refractivity contribution is -0.166. The van der Waals surface area contributed by atoms with Gasteiger partial charge in [-0.2, -0.15) is 0 Å². The number of carbonyl (C=O) groups is 3. The van der Waals surface area contributed by atoms with E-state index in [0.29, 0.717) is 10.8 Å². The highest BCUT2D eigenvalue weighted by atomic mass is 32.2. The van der Waals surface area contributed by atoms with Gasteiger partial charge in [0.25, 0.3) is 5.91 Å². The van der Waals surface area contributed by atoms with Crippen molar-refractivity contribution in [1.29, 1.82) is 0 Å². The van der Waals surface area contributed by atoms with Crippen LogP contribution in [0.25, 0.3) is 0 Å². The number of ether oxygens (including phenoxy) is 2. The largest absolute Gasteiger partial charge is 0.448 e. The summed E-state index contributed by atoms with van der Waals surface area (Å²) in [7, 11) is 1.49. The van der Waals surface area contributed by atoms with Crippen LogP contribution in [-0.4, -0.2) is 61.9 Å². The van der Waals surface area contributed by atoms with E-state index in [0.717, 1.165) is 16.0 Å². The average Bonchev–Trinajstić information content (AvgIpc) is 3.58. The molecule has 1 saturated heterocycles. The van der Waals surface area contributed by atoms with E-state index in [9.17, 15) is 14.4 Å². The van der Waals surface area contributed by atoms with Crippen molar-refractivity contribution >= 4 is 52.6 Å². The summed E-state index contributed by atoms with van der Waals surface area (Å²) in [6.45, 7) is 0. The van der Waals surface area contributed by atoms with Crippen LogP contribution in [0.15, 0.2) is 114 Å². The Kier molecular flexibility index (Phi) is 9.12. The third-order valence-corrected chi connectivity index (χ3v) is 10.6. The average molecular weight is 645 g/mol. The number of esters is 1. The van der Waals surface area contributed by atoms with Crippen molar-refractivity contribution in [2.45, 2.75) is 33.9 Å². The van der Waals surface area contributed by atoms with E-state index in [1.807, 2.05) is 78.2 Å². The van der Waals surface area contributed by atoms with Crippen LogP contribution in [0.1, 0.15) is 22.1 Å². The lowest BCUT2D eigenvalue weighted by Gasteiger charge is -2.58. The van der Waals surface area contributed by atoms with E-state index in [1.54, 1.807) is 24.7 Å². The molecule has 2 aliphatic heterocycles. The zero-order valence-corrected chi connectivity index (χ0v) is 26.0. The molecule has 0 spiro atoms. The van der Waals surface area contributed by atoms with Gasteiger partial charge in [0.15, 0.2) is 11.6 Å². The van der Waals surface area contributed by atoms with Crippen LogP contribution in [0.4, 0.5) is 0 Å². The predicted molar refractivity (Wildman–Crippen MR) is 170 cm³/mol. The van der Waals surface area contributed by atoms with Crippen molar-refractivity contribution in [2.75, 3.05) is 12.9 Å². The van der Waals surface area contributed by atoms with E-state index in [4.69, 9.17) is 9.47 Å². The predicted octanol–water partition coefficient (Wildman–Crippen LogP) is 4.83. The van der Waals surface area contributed by atoms with Gasteiger partial charge in [0.2, 0.25) is 5.91 Å². The first-order valence-electron chi connectivity index (χ1n) is 13.8. The van der Waals surface area contributed by atoms with Crippen molar-refractivity contribution in [1.82, 2.24) is 20.2 Å². The minimum absolute atomic E-state index is 0.108. The molecule has 6 rings (SSSR count). The SMILES string of the molecule is CO[C@H](Sc1cnccn1)[C@@]1(NC(=O)Cc2cccs2)C(=O)N2C(C(=O)OC(c3ccccc3)c3ccccc3)=CCS[C@H]21. The van der Waals surface area contributed by atoms with Crippen LogP contribution in [0, 0.1) is 0 Å². The van der Waals surface area contributed by atoms with E-state index < -0.39 is 34.3 Å². The van der Waals surface area contributed by atoms with E-state index in [-0.39, 0.29) is 18.0 Å². The lowest BCUT2D eigenvalue weighted by Crippen LogP contribution is -2.83. The lowest BCUT2D eigenvalue weighted by atomic mass is 9.86. The summed E-state index contributed by atoms with van der Waals surface area (Å²) in [5.41, 5.74) is -0.588. The van der Waals surface area contributed by atoms with Gasteiger partial charge >= 0.3 is 5.97 Å². The molecule has 2 amide bonds. The molecule has 2 aromatic carbocycles. The Balaban J connectivity index is 1.29. The van der Waals surface area contributed by atoms with E-state index in [2.05, 4.69) is 15.3 Å². The summed E-state index contributed by atoms with van der Waals surface area (Å²) in [5, 5.41) is 4.82. The number of carbonyl (C=O) groups excluding carboxylic acids is 3. The number of thiophene rings is 1. The molecular formula is C32H28N4O5S3. The Morgan fingerprint density at radius 2 is 1.80 bits per heavy atom. The first-order chi connectivity index (χ1) is 21.5. The van der Waals surface area contributed by atoms with E-state index >= 15 is 0 Å². The highest BCUT2D eigenvalue weighted by Crippen LogP contribution is 2.50. The van der Waals surface area contributed by atoms with Gasteiger partial charge in [-0.05, 0) is 28.6 Å². The molecular weight excluding hydrogens is 617 g/mol. The molecule has 0 aliphatic carbocycles. The number of fused-ring (bicyclic) bond motifs is 1. The monoisotopic (exact) mass is 644 g/mol. The fraction of sp³-hybridized carbons (Fsp3) is 0.219. The molecule has 44 heavy (non-hydrogen) atoms. The Bertz CT molecular complexity index is 1600. The Morgan fingerprint density at radius 1 is 1.07 bits per heavy atom. The standard InChI is InChI=1S/C32H28N4O5S3/c1-40-31(44-26-20-33-15-16-34-26)32(35-25(37)19-23-13-8-17-42-23)29(39)36-24(14-18-43-30(32)36)28(38)41-27(21-9-4-2-5-10-21)22-11-6-3-7-12-22/h2-17,20,27,30-31H,18-19H2,1H3,(H,35,37)/t30-,31+,32+/m0/s1. The fourth-order valence-electron chi connectivity index (χ4n) is 5.26. The summed E-state index contributed by atoms with van der Waals surface area (Å²) in [4.78, 5) is 52.3. The van der Waals surface area contributed by atoms with Gasteiger partial charge in [0.1, 0.15) is 21.5 Å². The molecule has 1 fully saturated rings. The Labute approximate surface area is 267 Å². The number of hydrogen-bond donors (Lipinski definition) is 1. The number of nitrogens with zero attached hydrogens (tertiary/aromatic N) is 3. The van der Waals surface area contributed by atoms with Crippen molar-refractivity contribution in [3.05, 3.63) is 125 Å². The molecule has 0 bridgehead atoms. The zero-order valence-electron chi connectivity index (χ0n) is 23.6. The number of rotatable bonds is 11. The Morgan fingerprint density at radius 3 is 2.41 bits per heavy atom.